The smallest absolute Gasteiger partial charge is 0.271 e. The Morgan fingerprint density at radius 3 is 3.00 bits per heavy atom. The fraction of sp³-hybridized carbons (Fsp3) is 0.133. The highest BCUT2D eigenvalue weighted by atomic mass is 35.5. The number of fused-ring (bicyclic) bond motifs is 1. The predicted molar refractivity (Wildman–Crippen MR) is 86.2 cm³/mol. The van der Waals surface area contributed by atoms with Gasteiger partial charge in [0.1, 0.15) is 18.1 Å². The van der Waals surface area contributed by atoms with E-state index in [1.807, 2.05) is 30.3 Å². The highest BCUT2D eigenvalue weighted by Crippen LogP contribution is 2.29. The molecule has 1 aromatic carbocycles. The second-order valence-electron chi connectivity index (χ2n) is 4.63. The first kappa shape index (κ1) is 14.9. The average molecular weight is 334 g/mol. The molecule has 0 aliphatic heterocycles. The van der Waals surface area contributed by atoms with Gasteiger partial charge in [-0.15, -0.1) is 11.3 Å². The molecule has 1 atom stereocenters. The van der Waals surface area contributed by atoms with Crippen molar-refractivity contribution in [3.63, 3.8) is 0 Å². The van der Waals surface area contributed by atoms with Crippen molar-refractivity contribution in [1.29, 1.82) is 0 Å². The van der Waals surface area contributed by atoms with Crippen LogP contribution < -0.4 is 5.32 Å². The number of aromatic nitrogens is 2. The maximum atomic E-state index is 12.0. The molecule has 2 heterocycles. The zero-order chi connectivity index (χ0) is 15.5. The van der Waals surface area contributed by atoms with Gasteiger partial charge in [-0.2, -0.15) is 0 Å². The molecule has 2 aromatic heterocycles. The number of halogens is 1. The summed E-state index contributed by atoms with van der Waals surface area (Å²) in [6.07, 6.45) is 1.83. The van der Waals surface area contributed by atoms with Crippen LogP contribution in [0.5, 0.6) is 0 Å². The van der Waals surface area contributed by atoms with E-state index in [0.717, 1.165) is 15.0 Å². The van der Waals surface area contributed by atoms with Crippen molar-refractivity contribution in [2.45, 2.75) is 6.10 Å². The van der Waals surface area contributed by atoms with Crippen molar-refractivity contribution in [2.75, 3.05) is 6.54 Å². The number of thiophene rings is 1. The highest BCUT2D eigenvalue weighted by molar-refractivity contribution is 7.19. The van der Waals surface area contributed by atoms with Crippen LogP contribution in [0.1, 0.15) is 21.5 Å². The number of nitrogens with one attached hydrogen (secondary N) is 1. The molecule has 0 aliphatic rings. The molecule has 0 saturated heterocycles. The Labute approximate surface area is 135 Å². The first-order valence-electron chi connectivity index (χ1n) is 6.55. The summed E-state index contributed by atoms with van der Waals surface area (Å²) in [4.78, 5) is 20.3. The van der Waals surface area contributed by atoms with E-state index in [1.165, 1.54) is 23.9 Å². The molecule has 5 nitrogen and oxygen atoms in total. The summed E-state index contributed by atoms with van der Waals surface area (Å²) >= 11 is 7.36. The number of carbonyl (C=O) groups excluding carboxylic acids is 1. The minimum atomic E-state index is -0.776. The standard InChI is InChI=1S/C15H12ClN3O2S/c16-10-6-17-8-19-14(10)15(21)18-7-11(20)13-5-9-3-1-2-4-12(9)22-13/h1-6,8,11,20H,7H2,(H,18,21). The van der Waals surface area contributed by atoms with Gasteiger partial charge in [0.2, 0.25) is 0 Å². The van der Waals surface area contributed by atoms with E-state index < -0.39 is 12.0 Å². The van der Waals surface area contributed by atoms with E-state index in [2.05, 4.69) is 15.3 Å². The number of aliphatic hydroxyl groups excluding tert-OH is 1. The Morgan fingerprint density at radius 2 is 2.23 bits per heavy atom. The SMILES string of the molecule is O=C(NCC(O)c1cc2ccccc2s1)c1ncncc1Cl. The minimum absolute atomic E-state index is 0.0893. The van der Waals surface area contributed by atoms with E-state index in [9.17, 15) is 9.90 Å². The van der Waals surface area contributed by atoms with Gasteiger partial charge >= 0.3 is 0 Å². The zero-order valence-electron chi connectivity index (χ0n) is 11.4. The van der Waals surface area contributed by atoms with Crippen molar-refractivity contribution in [2.24, 2.45) is 0 Å². The Morgan fingerprint density at radius 1 is 1.41 bits per heavy atom. The number of nitrogens with zero attached hydrogens (tertiary/aromatic N) is 2. The molecular weight excluding hydrogens is 322 g/mol. The second-order valence-corrected chi connectivity index (χ2v) is 6.15. The summed E-state index contributed by atoms with van der Waals surface area (Å²) in [7, 11) is 0. The first-order valence-corrected chi connectivity index (χ1v) is 7.75. The van der Waals surface area contributed by atoms with Crippen LogP contribution in [0.2, 0.25) is 5.02 Å². The maximum Gasteiger partial charge on any atom is 0.271 e. The molecule has 3 rings (SSSR count). The van der Waals surface area contributed by atoms with E-state index in [-0.39, 0.29) is 17.3 Å². The lowest BCUT2D eigenvalue weighted by Crippen LogP contribution is -2.29. The van der Waals surface area contributed by atoms with Crippen LogP contribution in [0.4, 0.5) is 0 Å². The third-order valence-corrected chi connectivity index (χ3v) is 4.61. The molecule has 0 radical (unpaired) electrons. The van der Waals surface area contributed by atoms with E-state index in [0.29, 0.717) is 0 Å². The van der Waals surface area contributed by atoms with Crippen LogP contribution in [0.15, 0.2) is 42.9 Å². The van der Waals surface area contributed by atoms with Gasteiger partial charge in [0, 0.05) is 22.3 Å². The van der Waals surface area contributed by atoms with Gasteiger partial charge in [-0.05, 0) is 17.5 Å². The molecule has 3 aromatic rings. The summed E-state index contributed by atoms with van der Waals surface area (Å²) in [6, 6.07) is 9.81. The fourth-order valence-corrected chi connectivity index (χ4v) is 3.26. The first-order chi connectivity index (χ1) is 10.6. The van der Waals surface area contributed by atoms with Crippen molar-refractivity contribution in [3.05, 3.63) is 58.4 Å². The summed E-state index contributed by atoms with van der Waals surface area (Å²) in [5.41, 5.74) is 0.0974. The molecule has 0 spiro atoms. The van der Waals surface area contributed by atoms with E-state index in [1.54, 1.807) is 0 Å². The van der Waals surface area contributed by atoms with Crippen LogP contribution in [0.3, 0.4) is 0 Å². The molecule has 0 saturated carbocycles. The van der Waals surface area contributed by atoms with E-state index >= 15 is 0 Å². The number of hydrogen-bond donors (Lipinski definition) is 2. The van der Waals surface area contributed by atoms with Gasteiger partial charge in [0.25, 0.3) is 5.91 Å². The lowest BCUT2D eigenvalue weighted by molar-refractivity contribution is 0.0913. The summed E-state index contributed by atoms with van der Waals surface area (Å²) < 4.78 is 1.10. The van der Waals surface area contributed by atoms with Gasteiger partial charge in [-0.3, -0.25) is 4.79 Å². The summed E-state index contributed by atoms with van der Waals surface area (Å²) in [5, 5.41) is 14.1. The number of hydrogen-bond acceptors (Lipinski definition) is 5. The lowest BCUT2D eigenvalue weighted by atomic mass is 10.2. The number of carbonyl (C=O) groups is 1. The van der Waals surface area contributed by atoms with E-state index in [4.69, 9.17) is 11.6 Å². The number of aliphatic hydroxyl groups is 1. The van der Waals surface area contributed by atoms with Gasteiger partial charge < -0.3 is 10.4 Å². The second kappa shape index (κ2) is 6.39. The summed E-state index contributed by atoms with van der Waals surface area (Å²) in [5.74, 6) is -0.437. The predicted octanol–water partition coefficient (Wildman–Crippen LogP) is 2.81. The highest BCUT2D eigenvalue weighted by Gasteiger charge is 2.16. The van der Waals surface area contributed by atoms with Crippen LogP contribution in [0, 0.1) is 0 Å². The number of amides is 1. The van der Waals surface area contributed by atoms with Crippen LogP contribution in [-0.2, 0) is 0 Å². The van der Waals surface area contributed by atoms with Gasteiger partial charge in [-0.1, -0.05) is 29.8 Å². The normalized spacial score (nSPS) is 12.3. The summed E-state index contributed by atoms with van der Waals surface area (Å²) in [6.45, 7) is 0.0893. The molecule has 0 aliphatic carbocycles. The Hall–Kier alpha value is -2.02. The largest absolute Gasteiger partial charge is 0.386 e. The fourth-order valence-electron chi connectivity index (χ4n) is 2.02. The minimum Gasteiger partial charge on any atom is -0.386 e. The third kappa shape index (κ3) is 3.09. The molecule has 0 bridgehead atoms. The monoisotopic (exact) mass is 333 g/mol. The number of rotatable bonds is 4. The van der Waals surface area contributed by atoms with Crippen molar-refractivity contribution >= 4 is 38.9 Å². The molecule has 1 amide bonds. The van der Waals surface area contributed by atoms with Gasteiger partial charge in [-0.25, -0.2) is 9.97 Å². The van der Waals surface area contributed by atoms with Crippen molar-refractivity contribution < 1.29 is 9.90 Å². The maximum absolute atomic E-state index is 12.0. The molecule has 22 heavy (non-hydrogen) atoms. The lowest BCUT2D eigenvalue weighted by Gasteiger charge is -2.10. The molecule has 1 unspecified atom stereocenters. The average Bonchev–Trinajstić information content (AvgIpc) is 2.97. The number of benzene rings is 1. The van der Waals surface area contributed by atoms with Crippen molar-refractivity contribution in [1.82, 2.24) is 15.3 Å². The Balaban J connectivity index is 1.68. The molecule has 7 heteroatoms. The zero-order valence-corrected chi connectivity index (χ0v) is 12.9. The topological polar surface area (TPSA) is 75.1 Å². The molecular formula is C15H12ClN3O2S. The van der Waals surface area contributed by atoms with Crippen LogP contribution in [0.25, 0.3) is 10.1 Å². The van der Waals surface area contributed by atoms with Crippen LogP contribution in [-0.4, -0.2) is 27.5 Å². The Kier molecular flexibility index (Phi) is 4.33. The van der Waals surface area contributed by atoms with Gasteiger partial charge in [0.15, 0.2) is 0 Å². The third-order valence-electron chi connectivity index (χ3n) is 3.11. The van der Waals surface area contributed by atoms with Crippen molar-refractivity contribution in [3.8, 4) is 0 Å². The molecule has 0 fully saturated rings. The Bertz CT molecular complexity index is 788. The van der Waals surface area contributed by atoms with Gasteiger partial charge in [0.05, 0.1) is 5.02 Å². The quantitative estimate of drug-likeness (QED) is 0.770. The van der Waals surface area contributed by atoms with Crippen LogP contribution >= 0.6 is 22.9 Å². The molecule has 112 valence electrons. The molecule has 2 N–H and O–H groups in total.